The Balaban J connectivity index is 1.77. The number of carbonyl (C=O) groups is 2. The molecule has 1 aromatic heterocycles. The summed E-state index contributed by atoms with van der Waals surface area (Å²) < 4.78 is 7.38. The lowest BCUT2D eigenvalue weighted by Gasteiger charge is -2.31. The van der Waals surface area contributed by atoms with Crippen molar-refractivity contribution in [2.75, 3.05) is 19.7 Å². The number of hydrogen-bond acceptors (Lipinski definition) is 3. The van der Waals surface area contributed by atoms with Crippen molar-refractivity contribution in [3.63, 3.8) is 0 Å². The number of nitrogens with zero attached hydrogens (tertiary/aromatic N) is 2. The first kappa shape index (κ1) is 18.5. The minimum absolute atomic E-state index is 0.0514. The van der Waals surface area contributed by atoms with Gasteiger partial charge in [0.2, 0.25) is 0 Å². The van der Waals surface area contributed by atoms with Gasteiger partial charge in [0.15, 0.2) is 0 Å². The summed E-state index contributed by atoms with van der Waals surface area (Å²) in [6.07, 6.45) is 1.36. The highest BCUT2D eigenvalue weighted by Crippen LogP contribution is 2.27. The number of amides is 1. The molecule has 2 aromatic rings. The van der Waals surface area contributed by atoms with E-state index in [1.165, 1.54) is 16.8 Å². The number of piperidine rings is 1. The van der Waals surface area contributed by atoms with E-state index >= 15 is 0 Å². The molecule has 3 rings (SSSR count). The number of aryl methyl sites for hydroxylation is 2. The van der Waals surface area contributed by atoms with Crippen LogP contribution in [0.4, 0.5) is 0 Å². The van der Waals surface area contributed by atoms with Crippen molar-refractivity contribution in [1.29, 1.82) is 0 Å². The lowest BCUT2D eigenvalue weighted by atomic mass is 9.96. The molecule has 1 aliphatic heterocycles. The smallest absolute Gasteiger partial charge is 0.309 e. The molecule has 0 atom stereocenters. The second-order valence-corrected chi connectivity index (χ2v) is 7.01. The largest absolute Gasteiger partial charge is 0.466 e. The molecule has 0 saturated carbocycles. The fourth-order valence-corrected chi connectivity index (χ4v) is 3.95. The Kier molecular flexibility index (Phi) is 5.35. The standard InChI is InChI=1S/C21H28N2O3/c1-5-23-15(4)14(3)18-13-17(7-8-19(18)23)20(24)22-11-9-16(10-12-22)21(25)26-6-2/h7-8,13,16H,5-6,9-12H2,1-4H3. The maximum atomic E-state index is 12.9. The maximum Gasteiger partial charge on any atom is 0.309 e. The normalized spacial score (nSPS) is 15.5. The van der Waals surface area contributed by atoms with Crippen LogP contribution in [-0.2, 0) is 16.1 Å². The average molecular weight is 356 g/mol. The van der Waals surface area contributed by atoms with E-state index in [9.17, 15) is 9.59 Å². The highest BCUT2D eigenvalue weighted by Gasteiger charge is 2.28. The van der Waals surface area contributed by atoms with Crippen LogP contribution in [0.5, 0.6) is 0 Å². The van der Waals surface area contributed by atoms with Gasteiger partial charge in [-0.2, -0.15) is 0 Å². The van der Waals surface area contributed by atoms with Gasteiger partial charge in [0.05, 0.1) is 12.5 Å². The summed E-state index contributed by atoms with van der Waals surface area (Å²) in [4.78, 5) is 26.6. The summed E-state index contributed by atoms with van der Waals surface area (Å²) in [5, 5.41) is 1.15. The van der Waals surface area contributed by atoms with Crippen LogP contribution in [0.25, 0.3) is 10.9 Å². The summed E-state index contributed by atoms with van der Waals surface area (Å²) in [7, 11) is 0. The number of ether oxygens (including phenoxy) is 1. The molecular formula is C21H28N2O3. The van der Waals surface area contributed by atoms with Crippen LogP contribution in [0.2, 0.25) is 0 Å². The molecule has 1 amide bonds. The number of fused-ring (bicyclic) bond motifs is 1. The van der Waals surface area contributed by atoms with Gasteiger partial charge in [0.1, 0.15) is 0 Å². The van der Waals surface area contributed by atoms with Crippen molar-refractivity contribution in [2.24, 2.45) is 5.92 Å². The first-order chi connectivity index (χ1) is 12.5. The molecular weight excluding hydrogens is 328 g/mol. The van der Waals surface area contributed by atoms with Crippen molar-refractivity contribution >= 4 is 22.8 Å². The fourth-order valence-electron chi connectivity index (χ4n) is 3.95. The SMILES string of the molecule is CCOC(=O)C1CCN(C(=O)c2ccc3c(c2)c(C)c(C)n3CC)CC1. The highest BCUT2D eigenvalue weighted by atomic mass is 16.5. The number of aromatic nitrogens is 1. The van der Waals surface area contributed by atoms with Crippen LogP contribution < -0.4 is 0 Å². The molecule has 26 heavy (non-hydrogen) atoms. The average Bonchev–Trinajstić information content (AvgIpc) is 2.91. The third kappa shape index (κ3) is 3.22. The van der Waals surface area contributed by atoms with Gasteiger partial charge in [0, 0.05) is 41.8 Å². The Hall–Kier alpha value is -2.30. The first-order valence-electron chi connectivity index (χ1n) is 9.53. The molecule has 0 radical (unpaired) electrons. The van der Waals surface area contributed by atoms with Gasteiger partial charge in [-0.05, 0) is 64.3 Å². The first-order valence-corrected chi connectivity index (χ1v) is 9.53. The lowest BCUT2D eigenvalue weighted by molar-refractivity contribution is -0.149. The second kappa shape index (κ2) is 7.52. The molecule has 0 unspecified atom stereocenters. The second-order valence-electron chi connectivity index (χ2n) is 7.01. The molecule has 0 bridgehead atoms. The number of hydrogen-bond donors (Lipinski definition) is 0. The Bertz CT molecular complexity index is 829. The van der Waals surface area contributed by atoms with E-state index in [4.69, 9.17) is 4.74 Å². The van der Waals surface area contributed by atoms with E-state index < -0.39 is 0 Å². The van der Waals surface area contributed by atoms with Crippen molar-refractivity contribution in [3.05, 3.63) is 35.0 Å². The monoisotopic (exact) mass is 356 g/mol. The summed E-state index contributed by atoms with van der Waals surface area (Å²) in [6.45, 7) is 10.7. The number of rotatable bonds is 4. The number of esters is 1. The van der Waals surface area contributed by atoms with Gasteiger partial charge in [0.25, 0.3) is 5.91 Å². The van der Waals surface area contributed by atoms with Crippen molar-refractivity contribution in [2.45, 2.75) is 47.1 Å². The third-order valence-electron chi connectivity index (χ3n) is 5.60. The molecule has 5 nitrogen and oxygen atoms in total. The van der Waals surface area contributed by atoms with Crippen LogP contribution in [0.15, 0.2) is 18.2 Å². The zero-order valence-electron chi connectivity index (χ0n) is 16.2. The van der Waals surface area contributed by atoms with Crippen LogP contribution >= 0.6 is 0 Å². The minimum Gasteiger partial charge on any atom is -0.466 e. The van der Waals surface area contributed by atoms with Crippen LogP contribution in [-0.4, -0.2) is 41.0 Å². The molecule has 2 heterocycles. The van der Waals surface area contributed by atoms with E-state index in [0.717, 1.165) is 17.5 Å². The van der Waals surface area contributed by atoms with Gasteiger partial charge in [-0.1, -0.05) is 0 Å². The van der Waals surface area contributed by atoms with E-state index in [1.807, 2.05) is 24.0 Å². The molecule has 1 aliphatic rings. The number of likely N-dealkylation sites (tertiary alicyclic amines) is 1. The van der Waals surface area contributed by atoms with Gasteiger partial charge >= 0.3 is 5.97 Å². The molecule has 0 N–H and O–H groups in total. The third-order valence-corrected chi connectivity index (χ3v) is 5.60. The quantitative estimate of drug-likeness (QED) is 0.785. The van der Waals surface area contributed by atoms with Crippen molar-refractivity contribution in [3.8, 4) is 0 Å². The number of carbonyl (C=O) groups excluding carboxylic acids is 2. The van der Waals surface area contributed by atoms with Gasteiger partial charge in [-0.3, -0.25) is 9.59 Å². The highest BCUT2D eigenvalue weighted by molar-refractivity contribution is 5.99. The van der Waals surface area contributed by atoms with Crippen LogP contribution in [0.3, 0.4) is 0 Å². The Morgan fingerprint density at radius 2 is 1.85 bits per heavy atom. The van der Waals surface area contributed by atoms with E-state index in [2.05, 4.69) is 31.4 Å². The summed E-state index contributed by atoms with van der Waals surface area (Å²) in [5.41, 5.74) is 4.39. The fraction of sp³-hybridized carbons (Fsp3) is 0.524. The zero-order chi connectivity index (χ0) is 18.8. The Labute approximate surface area is 154 Å². The number of benzene rings is 1. The van der Waals surface area contributed by atoms with Gasteiger partial charge in [-0.25, -0.2) is 0 Å². The topological polar surface area (TPSA) is 51.5 Å². The maximum absolute atomic E-state index is 12.9. The molecule has 0 spiro atoms. The van der Waals surface area contributed by atoms with E-state index in [-0.39, 0.29) is 17.8 Å². The summed E-state index contributed by atoms with van der Waals surface area (Å²) in [5.74, 6) is -0.159. The van der Waals surface area contributed by atoms with E-state index in [0.29, 0.717) is 32.5 Å². The molecule has 140 valence electrons. The van der Waals surface area contributed by atoms with Crippen LogP contribution in [0.1, 0.15) is 48.3 Å². The van der Waals surface area contributed by atoms with Gasteiger partial charge in [-0.15, -0.1) is 0 Å². The molecule has 1 fully saturated rings. The molecule has 1 aromatic carbocycles. The van der Waals surface area contributed by atoms with Crippen molar-refractivity contribution in [1.82, 2.24) is 9.47 Å². The minimum atomic E-state index is -0.131. The predicted octanol–water partition coefficient (Wildman–Crippen LogP) is 3.69. The zero-order valence-corrected chi connectivity index (χ0v) is 16.2. The van der Waals surface area contributed by atoms with Crippen molar-refractivity contribution < 1.29 is 14.3 Å². The predicted molar refractivity (Wildman–Crippen MR) is 102 cm³/mol. The summed E-state index contributed by atoms with van der Waals surface area (Å²) >= 11 is 0. The van der Waals surface area contributed by atoms with Crippen LogP contribution in [0, 0.1) is 19.8 Å². The lowest BCUT2D eigenvalue weighted by Crippen LogP contribution is -2.40. The molecule has 5 heteroatoms. The Morgan fingerprint density at radius 3 is 2.46 bits per heavy atom. The summed E-state index contributed by atoms with van der Waals surface area (Å²) in [6, 6.07) is 5.99. The van der Waals surface area contributed by atoms with E-state index in [1.54, 1.807) is 0 Å². The molecule has 0 aliphatic carbocycles. The Morgan fingerprint density at radius 1 is 1.15 bits per heavy atom. The van der Waals surface area contributed by atoms with Gasteiger partial charge < -0.3 is 14.2 Å². The molecule has 1 saturated heterocycles.